The van der Waals surface area contributed by atoms with Crippen molar-refractivity contribution in [3.05, 3.63) is 37.0 Å². The molecule has 0 aliphatic rings. The molecule has 0 radical (unpaired) electrons. The van der Waals surface area contributed by atoms with Crippen molar-refractivity contribution in [2.75, 3.05) is 0 Å². The van der Waals surface area contributed by atoms with Gasteiger partial charge >= 0.3 is 0 Å². The normalized spacial score (nSPS) is 12.4. The Hall–Kier alpha value is -0.980. The van der Waals surface area contributed by atoms with Crippen molar-refractivity contribution >= 4 is 20.7 Å². The lowest BCUT2D eigenvalue weighted by molar-refractivity contribution is 1.41. The Morgan fingerprint density at radius 3 is 2.67 bits per heavy atom. The highest BCUT2D eigenvalue weighted by molar-refractivity contribution is 6.61. The van der Waals surface area contributed by atoms with Gasteiger partial charge in [0.1, 0.15) is 7.28 Å². The topological polar surface area (TPSA) is 12.4 Å². The lowest BCUT2D eigenvalue weighted by Gasteiger charge is -2.01. The first-order valence-corrected chi connectivity index (χ1v) is 4.19. The number of hydrogen-bond donors (Lipinski definition) is 0. The second kappa shape index (κ2) is 6.71. The first kappa shape index (κ1) is 11.0. The first-order chi connectivity index (χ1) is 5.74. The molecule has 0 aromatic rings. The van der Waals surface area contributed by atoms with Crippen LogP contribution in [-0.4, -0.2) is 20.7 Å². The van der Waals surface area contributed by atoms with E-state index in [1.807, 2.05) is 20.0 Å². The van der Waals surface area contributed by atoms with Gasteiger partial charge in [0.05, 0.1) is 0 Å². The van der Waals surface area contributed by atoms with Crippen molar-refractivity contribution in [1.82, 2.24) is 0 Å². The first-order valence-electron chi connectivity index (χ1n) is 4.19. The lowest BCUT2D eigenvalue weighted by Crippen LogP contribution is -2.02. The summed E-state index contributed by atoms with van der Waals surface area (Å²) in [6.07, 6.45) is 6.37. The molecule has 62 valence electrons. The van der Waals surface area contributed by atoms with Gasteiger partial charge in [-0.05, 0) is 12.0 Å². The molecule has 12 heavy (non-hydrogen) atoms. The van der Waals surface area contributed by atoms with E-state index in [4.69, 9.17) is 0 Å². The maximum absolute atomic E-state index is 4.10. The Kier molecular flexibility index (Phi) is 6.16. The quantitative estimate of drug-likeness (QED) is 0.323. The minimum atomic E-state index is 0.925. The fourth-order valence-corrected chi connectivity index (χ4v) is 0.999. The molecule has 0 saturated carbocycles. The van der Waals surface area contributed by atoms with Crippen molar-refractivity contribution in [2.24, 2.45) is 4.99 Å². The van der Waals surface area contributed by atoms with Gasteiger partial charge in [-0.2, -0.15) is 0 Å². The van der Waals surface area contributed by atoms with Crippen LogP contribution in [0.3, 0.4) is 0 Å². The number of aliphatic imine (C=N–C) groups is 1. The van der Waals surface area contributed by atoms with Gasteiger partial charge in [0.2, 0.25) is 0 Å². The van der Waals surface area contributed by atoms with E-state index in [1.165, 1.54) is 5.47 Å². The third kappa shape index (κ3) is 4.78. The minimum absolute atomic E-state index is 0.925. The van der Waals surface area contributed by atoms with Gasteiger partial charge in [-0.3, -0.25) is 4.99 Å². The fraction of sp³-hybridized carbons (Fsp3) is 0.222. The van der Waals surface area contributed by atoms with Crippen LogP contribution in [-0.2, 0) is 0 Å². The van der Waals surface area contributed by atoms with Crippen LogP contribution in [0, 0.1) is 0 Å². The van der Waals surface area contributed by atoms with E-state index in [2.05, 4.69) is 25.0 Å². The van der Waals surface area contributed by atoms with Crippen molar-refractivity contribution in [3.8, 4) is 0 Å². The Bertz CT molecular complexity index is 217. The van der Waals surface area contributed by atoms with Crippen LogP contribution >= 0.6 is 0 Å². The molecule has 0 unspecified atom stereocenters. The maximum atomic E-state index is 4.10. The molecular weight excluding hydrogens is 144 g/mol. The Morgan fingerprint density at radius 2 is 2.25 bits per heavy atom. The average Bonchev–Trinajstić information content (AvgIpc) is 2.04. The smallest absolute Gasteiger partial charge is 0.158 e. The predicted molar refractivity (Wildman–Crippen MR) is 62.1 cm³/mol. The molecule has 0 spiro atoms. The SMILES string of the molecule is B/C(C/C(BC)=C\C=C)=N/C=C. The molecule has 0 atom stereocenters. The molecule has 1 nitrogen and oxygen atoms in total. The highest BCUT2D eigenvalue weighted by atomic mass is 14.7. The molecular formula is C9H15B2N. The molecule has 0 amide bonds. The summed E-state index contributed by atoms with van der Waals surface area (Å²) >= 11 is 0. The summed E-state index contributed by atoms with van der Waals surface area (Å²) in [5.41, 5.74) is 2.45. The maximum Gasteiger partial charge on any atom is 0.158 e. The van der Waals surface area contributed by atoms with E-state index in [0.717, 1.165) is 19.3 Å². The van der Waals surface area contributed by atoms with Crippen LogP contribution in [0.4, 0.5) is 0 Å². The van der Waals surface area contributed by atoms with Crippen molar-refractivity contribution < 1.29 is 0 Å². The minimum Gasteiger partial charge on any atom is -0.277 e. The summed E-state index contributed by atoms with van der Waals surface area (Å²) in [4.78, 5) is 4.10. The van der Waals surface area contributed by atoms with Crippen LogP contribution in [0.2, 0.25) is 6.82 Å². The van der Waals surface area contributed by atoms with Gasteiger partial charge in [0.25, 0.3) is 0 Å². The summed E-state index contributed by atoms with van der Waals surface area (Å²) in [6, 6.07) is 0. The van der Waals surface area contributed by atoms with Crippen LogP contribution < -0.4 is 0 Å². The zero-order valence-corrected chi connectivity index (χ0v) is 8.01. The third-order valence-electron chi connectivity index (χ3n) is 1.60. The standard InChI is InChI=1S/C9H15B2N/c1-4-6-8(11-3)7-9(10)12-5-2/h4-6,11H,1-2,7,10H2,3H3/b8-6+,12-9+. The lowest BCUT2D eigenvalue weighted by atomic mass is 9.68. The summed E-state index contributed by atoms with van der Waals surface area (Å²) in [5.74, 6) is 0. The zero-order chi connectivity index (χ0) is 9.40. The van der Waals surface area contributed by atoms with Gasteiger partial charge in [-0.25, -0.2) is 0 Å². The van der Waals surface area contributed by atoms with Gasteiger partial charge < -0.3 is 0 Å². The molecule has 0 saturated heterocycles. The Labute approximate surface area is 76.6 Å². The molecule has 0 rings (SSSR count). The number of nitrogens with zero attached hydrogens (tertiary/aromatic N) is 1. The predicted octanol–water partition coefficient (Wildman–Crippen LogP) is 1.11. The summed E-state index contributed by atoms with van der Waals surface area (Å²) in [6.45, 7) is 9.35. The molecule has 0 bridgehead atoms. The summed E-state index contributed by atoms with van der Waals surface area (Å²) in [7, 11) is 3.06. The van der Waals surface area contributed by atoms with Gasteiger partial charge in [0, 0.05) is 6.20 Å². The molecule has 0 heterocycles. The van der Waals surface area contributed by atoms with Gasteiger partial charge in [0.15, 0.2) is 7.85 Å². The van der Waals surface area contributed by atoms with Crippen LogP contribution in [0.5, 0.6) is 0 Å². The van der Waals surface area contributed by atoms with Crippen molar-refractivity contribution in [2.45, 2.75) is 13.2 Å². The van der Waals surface area contributed by atoms with E-state index < -0.39 is 0 Å². The number of allylic oxidation sites excluding steroid dienone is 3. The molecule has 0 aromatic heterocycles. The fourth-order valence-electron chi connectivity index (χ4n) is 0.999. The van der Waals surface area contributed by atoms with Crippen LogP contribution in [0.1, 0.15) is 6.42 Å². The summed E-state index contributed by atoms with van der Waals surface area (Å²) < 4.78 is 0. The van der Waals surface area contributed by atoms with Gasteiger partial charge in [-0.15, -0.1) is 5.47 Å². The zero-order valence-electron chi connectivity index (χ0n) is 8.01. The molecule has 0 aliphatic heterocycles. The van der Waals surface area contributed by atoms with Crippen LogP contribution in [0.25, 0.3) is 0 Å². The largest absolute Gasteiger partial charge is 0.277 e. The molecule has 3 heteroatoms. The van der Waals surface area contributed by atoms with Crippen LogP contribution in [0.15, 0.2) is 42.0 Å². The molecule has 0 fully saturated rings. The van der Waals surface area contributed by atoms with E-state index in [1.54, 1.807) is 6.20 Å². The van der Waals surface area contributed by atoms with E-state index in [0.29, 0.717) is 0 Å². The average molecular weight is 159 g/mol. The summed E-state index contributed by atoms with van der Waals surface area (Å²) in [5, 5.41) is 0. The monoisotopic (exact) mass is 159 g/mol. The molecule has 0 aliphatic carbocycles. The highest BCUT2D eigenvalue weighted by Gasteiger charge is 1.96. The van der Waals surface area contributed by atoms with Crippen molar-refractivity contribution in [1.29, 1.82) is 0 Å². The van der Waals surface area contributed by atoms with Gasteiger partial charge in [-0.1, -0.05) is 32.1 Å². The third-order valence-corrected chi connectivity index (χ3v) is 1.60. The number of rotatable bonds is 5. The second-order valence-corrected chi connectivity index (χ2v) is 2.64. The Balaban J connectivity index is 4.20. The second-order valence-electron chi connectivity index (χ2n) is 2.64. The van der Waals surface area contributed by atoms with E-state index >= 15 is 0 Å². The van der Waals surface area contributed by atoms with E-state index in [9.17, 15) is 0 Å². The molecule has 0 aromatic carbocycles. The number of hydrogen-bond acceptors (Lipinski definition) is 1. The highest BCUT2D eigenvalue weighted by Crippen LogP contribution is 2.00. The van der Waals surface area contributed by atoms with E-state index in [-0.39, 0.29) is 0 Å². The Morgan fingerprint density at radius 1 is 1.58 bits per heavy atom. The van der Waals surface area contributed by atoms with Crippen molar-refractivity contribution in [3.63, 3.8) is 0 Å². The molecule has 0 N–H and O–H groups in total.